The van der Waals surface area contributed by atoms with Gasteiger partial charge in [0.15, 0.2) is 0 Å². The SMILES string of the molecule is O[C@@H]1CC[C@H]2C[C@H]1O[C@@H]2c1ccco1. The second-order valence-corrected chi connectivity index (χ2v) is 4.25. The normalized spacial score (nSPS) is 41.5. The van der Waals surface area contributed by atoms with Gasteiger partial charge in [-0.3, -0.25) is 0 Å². The van der Waals surface area contributed by atoms with Crippen molar-refractivity contribution < 1.29 is 14.3 Å². The summed E-state index contributed by atoms with van der Waals surface area (Å²) in [5.41, 5.74) is 0. The van der Waals surface area contributed by atoms with Gasteiger partial charge in [-0.15, -0.1) is 0 Å². The van der Waals surface area contributed by atoms with Crippen LogP contribution in [0.5, 0.6) is 0 Å². The van der Waals surface area contributed by atoms with Crippen molar-refractivity contribution >= 4 is 0 Å². The van der Waals surface area contributed by atoms with Gasteiger partial charge >= 0.3 is 0 Å². The van der Waals surface area contributed by atoms with Crippen molar-refractivity contribution in [2.45, 2.75) is 37.6 Å². The molecule has 0 amide bonds. The predicted molar refractivity (Wildman–Crippen MR) is 49.7 cm³/mol. The standard InChI is InChI=1S/C11H14O3/c12-8-4-3-7-6-10(8)14-11(7)9-2-1-5-13-9/h1-2,5,7-8,10-12H,3-4,6H2/t7-,8+,10+,11-/m0/s1. The first-order valence-electron chi connectivity index (χ1n) is 5.21. The average molecular weight is 194 g/mol. The van der Waals surface area contributed by atoms with Gasteiger partial charge in [-0.25, -0.2) is 0 Å². The second kappa shape index (κ2) is 3.11. The summed E-state index contributed by atoms with van der Waals surface area (Å²) >= 11 is 0. The number of ether oxygens (including phenoxy) is 1. The second-order valence-electron chi connectivity index (χ2n) is 4.25. The van der Waals surface area contributed by atoms with E-state index in [1.165, 1.54) is 0 Å². The topological polar surface area (TPSA) is 42.6 Å². The van der Waals surface area contributed by atoms with E-state index in [1.54, 1.807) is 6.26 Å². The molecule has 3 heteroatoms. The van der Waals surface area contributed by atoms with Crippen LogP contribution in [0.15, 0.2) is 22.8 Å². The molecule has 1 N–H and O–H groups in total. The molecule has 14 heavy (non-hydrogen) atoms. The van der Waals surface area contributed by atoms with Crippen LogP contribution < -0.4 is 0 Å². The van der Waals surface area contributed by atoms with Gasteiger partial charge in [0.25, 0.3) is 0 Å². The molecule has 2 fully saturated rings. The highest BCUT2D eigenvalue weighted by molar-refractivity contribution is 5.07. The molecule has 4 atom stereocenters. The van der Waals surface area contributed by atoms with Gasteiger partial charge in [-0.1, -0.05) is 0 Å². The van der Waals surface area contributed by atoms with Gasteiger partial charge in [0.05, 0.1) is 18.5 Å². The minimum Gasteiger partial charge on any atom is -0.467 e. The molecule has 0 spiro atoms. The first-order chi connectivity index (χ1) is 6.84. The summed E-state index contributed by atoms with van der Waals surface area (Å²) in [5.74, 6) is 1.45. The molecule has 76 valence electrons. The highest BCUT2D eigenvalue weighted by Gasteiger charge is 2.44. The van der Waals surface area contributed by atoms with E-state index in [2.05, 4.69) is 0 Å². The Labute approximate surface area is 82.7 Å². The lowest BCUT2D eigenvalue weighted by atomic mass is 9.85. The van der Waals surface area contributed by atoms with E-state index < -0.39 is 0 Å². The number of aliphatic hydroxyl groups is 1. The van der Waals surface area contributed by atoms with Crippen molar-refractivity contribution in [2.75, 3.05) is 0 Å². The van der Waals surface area contributed by atoms with E-state index >= 15 is 0 Å². The smallest absolute Gasteiger partial charge is 0.132 e. The van der Waals surface area contributed by atoms with Crippen LogP contribution in [-0.2, 0) is 4.74 Å². The van der Waals surface area contributed by atoms with Crippen molar-refractivity contribution in [3.8, 4) is 0 Å². The van der Waals surface area contributed by atoms with Crippen molar-refractivity contribution in [2.24, 2.45) is 5.92 Å². The molecular weight excluding hydrogens is 180 g/mol. The Morgan fingerprint density at radius 2 is 2.29 bits per heavy atom. The van der Waals surface area contributed by atoms with Gasteiger partial charge in [-0.05, 0) is 37.3 Å². The lowest BCUT2D eigenvalue weighted by Crippen LogP contribution is -2.28. The zero-order chi connectivity index (χ0) is 9.54. The van der Waals surface area contributed by atoms with E-state index in [9.17, 15) is 5.11 Å². The number of furan rings is 1. The van der Waals surface area contributed by atoms with Crippen LogP contribution in [0.1, 0.15) is 31.1 Å². The lowest BCUT2D eigenvalue weighted by molar-refractivity contribution is -0.0358. The third-order valence-corrected chi connectivity index (χ3v) is 3.37. The molecule has 1 aliphatic carbocycles. The molecule has 0 aromatic carbocycles. The fourth-order valence-electron chi connectivity index (χ4n) is 2.62. The highest BCUT2D eigenvalue weighted by atomic mass is 16.5. The minimum absolute atomic E-state index is 0.0313. The molecule has 1 saturated heterocycles. The zero-order valence-corrected chi connectivity index (χ0v) is 7.93. The van der Waals surface area contributed by atoms with Crippen molar-refractivity contribution in [1.29, 1.82) is 0 Å². The van der Waals surface area contributed by atoms with Crippen LogP contribution in [0, 0.1) is 5.92 Å². The third kappa shape index (κ3) is 1.20. The summed E-state index contributed by atoms with van der Waals surface area (Å²) in [7, 11) is 0. The molecule has 1 aromatic rings. The Morgan fingerprint density at radius 3 is 3.00 bits per heavy atom. The van der Waals surface area contributed by atoms with Crippen molar-refractivity contribution in [1.82, 2.24) is 0 Å². The average Bonchev–Trinajstić information content (AvgIpc) is 2.80. The first kappa shape index (κ1) is 8.50. The van der Waals surface area contributed by atoms with E-state index in [1.807, 2.05) is 12.1 Å². The van der Waals surface area contributed by atoms with Crippen LogP contribution in [0.2, 0.25) is 0 Å². The molecular formula is C11H14O3. The quantitative estimate of drug-likeness (QED) is 0.742. The molecule has 2 bridgehead atoms. The van der Waals surface area contributed by atoms with Gasteiger partial charge in [0, 0.05) is 0 Å². The Balaban J connectivity index is 1.84. The van der Waals surface area contributed by atoms with Crippen LogP contribution >= 0.6 is 0 Å². The summed E-state index contributed by atoms with van der Waals surface area (Å²) in [4.78, 5) is 0. The predicted octanol–water partition coefficient (Wildman–Crippen LogP) is 1.88. The summed E-state index contributed by atoms with van der Waals surface area (Å²) in [5, 5.41) is 9.66. The van der Waals surface area contributed by atoms with Crippen molar-refractivity contribution in [3.63, 3.8) is 0 Å². The first-order valence-corrected chi connectivity index (χ1v) is 5.21. The molecule has 3 rings (SSSR count). The number of hydrogen-bond acceptors (Lipinski definition) is 3. The molecule has 1 aliphatic heterocycles. The van der Waals surface area contributed by atoms with E-state index in [-0.39, 0.29) is 18.3 Å². The summed E-state index contributed by atoms with van der Waals surface area (Å²) in [6, 6.07) is 3.84. The highest BCUT2D eigenvalue weighted by Crippen LogP contribution is 2.45. The van der Waals surface area contributed by atoms with E-state index in [0.29, 0.717) is 5.92 Å². The number of hydrogen-bond donors (Lipinski definition) is 1. The van der Waals surface area contributed by atoms with Gasteiger partial charge < -0.3 is 14.3 Å². The third-order valence-electron chi connectivity index (χ3n) is 3.37. The fourth-order valence-corrected chi connectivity index (χ4v) is 2.62. The van der Waals surface area contributed by atoms with Gasteiger partial charge in [0.1, 0.15) is 11.9 Å². The van der Waals surface area contributed by atoms with Gasteiger partial charge in [-0.2, -0.15) is 0 Å². The maximum Gasteiger partial charge on any atom is 0.132 e. The Kier molecular flexibility index (Phi) is 1.89. The number of rotatable bonds is 1. The zero-order valence-electron chi connectivity index (χ0n) is 7.93. The molecule has 2 aliphatic rings. The largest absolute Gasteiger partial charge is 0.467 e. The monoisotopic (exact) mass is 194 g/mol. The maximum atomic E-state index is 9.66. The molecule has 1 saturated carbocycles. The molecule has 3 nitrogen and oxygen atoms in total. The Hall–Kier alpha value is -0.800. The van der Waals surface area contributed by atoms with Crippen LogP contribution in [0.3, 0.4) is 0 Å². The Bertz CT molecular complexity index is 306. The number of fused-ring (bicyclic) bond motifs is 2. The van der Waals surface area contributed by atoms with Crippen LogP contribution in [0.4, 0.5) is 0 Å². The van der Waals surface area contributed by atoms with Gasteiger partial charge in [0.2, 0.25) is 0 Å². The summed E-state index contributed by atoms with van der Waals surface area (Å²) in [6.45, 7) is 0. The van der Waals surface area contributed by atoms with E-state index in [0.717, 1.165) is 25.0 Å². The van der Waals surface area contributed by atoms with Crippen LogP contribution in [-0.4, -0.2) is 17.3 Å². The fraction of sp³-hybridized carbons (Fsp3) is 0.636. The minimum atomic E-state index is -0.272. The molecule has 2 heterocycles. The summed E-state index contributed by atoms with van der Waals surface area (Å²) < 4.78 is 11.2. The molecule has 0 unspecified atom stereocenters. The molecule has 0 radical (unpaired) electrons. The van der Waals surface area contributed by atoms with Crippen molar-refractivity contribution in [3.05, 3.63) is 24.2 Å². The van der Waals surface area contributed by atoms with E-state index in [4.69, 9.17) is 9.15 Å². The number of aliphatic hydroxyl groups excluding tert-OH is 1. The molecule has 1 aromatic heterocycles. The summed E-state index contributed by atoms with van der Waals surface area (Å²) in [6.07, 6.45) is 4.40. The van der Waals surface area contributed by atoms with Crippen LogP contribution in [0.25, 0.3) is 0 Å². The lowest BCUT2D eigenvalue weighted by Gasteiger charge is -2.21. The Morgan fingerprint density at radius 1 is 1.36 bits per heavy atom. The maximum absolute atomic E-state index is 9.66.